The maximum Gasteiger partial charge on any atom is 0.394 e. The van der Waals surface area contributed by atoms with Gasteiger partial charge in [0, 0.05) is 38.0 Å². The monoisotopic (exact) mass is 470 g/mol. The largest absolute Gasteiger partial charge is 0.394 e. The second-order valence-electron chi connectivity index (χ2n) is 7.49. The lowest BCUT2D eigenvalue weighted by molar-refractivity contribution is -0.168. The Bertz CT molecular complexity index is 1060. The normalized spacial score (nSPS) is 26.0. The topological polar surface area (TPSA) is 126 Å². The van der Waals surface area contributed by atoms with E-state index in [1.165, 1.54) is 12.1 Å². The van der Waals surface area contributed by atoms with Crippen LogP contribution in [0, 0.1) is 12.8 Å². The first-order valence-corrected chi connectivity index (χ1v) is 12.4. The molecule has 2 N–H and O–H groups in total. The Morgan fingerprint density at radius 1 is 1.20 bits per heavy atom. The molecule has 2 saturated heterocycles. The van der Waals surface area contributed by atoms with Gasteiger partial charge in [-0.3, -0.25) is 4.79 Å². The summed E-state index contributed by atoms with van der Waals surface area (Å²) in [5, 5.41) is 3.54. The molecule has 0 bridgehead atoms. The number of nitrogens with one attached hydrogen (secondary N) is 2. The van der Waals surface area contributed by atoms with Gasteiger partial charge in [0.25, 0.3) is 0 Å². The number of nitrogens with zero attached hydrogens (tertiary/aromatic N) is 2. The molecule has 1 aromatic heterocycles. The van der Waals surface area contributed by atoms with Crippen LogP contribution in [-0.2, 0) is 24.7 Å². The van der Waals surface area contributed by atoms with E-state index in [0.29, 0.717) is 16.3 Å². The molecule has 1 unspecified atom stereocenters. The Balaban J connectivity index is 1.96. The van der Waals surface area contributed by atoms with Crippen molar-refractivity contribution in [2.24, 2.45) is 5.92 Å². The van der Waals surface area contributed by atoms with Crippen LogP contribution in [-0.4, -0.2) is 75.4 Å². The highest BCUT2D eigenvalue weighted by Gasteiger charge is 2.56. The number of hydrogen-bond acceptors (Lipinski definition) is 7. The molecule has 30 heavy (non-hydrogen) atoms. The van der Waals surface area contributed by atoms with Gasteiger partial charge < -0.3 is 10.6 Å². The molecule has 0 aliphatic carbocycles. The second-order valence-corrected chi connectivity index (χ2v) is 11.7. The number of hydrogen-bond donors (Lipinski definition) is 2. The Hall–Kier alpha value is -1.93. The lowest BCUT2D eigenvalue weighted by atomic mass is 10.1. The molecule has 0 spiro atoms. The Morgan fingerprint density at radius 2 is 1.87 bits per heavy atom. The molecule has 9 nitrogen and oxygen atoms in total. The van der Waals surface area contributed by atoms with E-state index in [1.807, 2.05) is 0 Å². The van der Waals surface area contributed by atoms with Crippen molar-refractivity contribution >= 4 is 31.6 Å². The summed E-state index contributed by atoms with van der Waals surface area (Å²) in [6, 6.07) is 2.16. The molecule has 0 saturated carbocycles. The summed E-state index contributed by atoms with van der Waals surface area (Å²) in [5.74, 6) is -2.65. The summed E-state index contributed by atoms with van der Waals surface area (Å²) in [6.07, 6.45) is -4.12. The van der Waals surface area contributed by atoms with E-state index in [9.17, 15) is 34.8 Å². The number of sulfone groups is 1. The minimum atomic E-state index is -4.87. The number of anilines is 1. The standard InChI is InChI=1S/C16H21F3N4O5S2/c1-9-3-4-12(15(21-9)22-10-5-14(24)20-6-10)30(27,28)23-7-11(16(17,18)19)13(8-23)29(2,25)26/h3-4,10-11,13H,5-8H2,1-2H3,(H,20,24)(H,21,22)/t10?,11-,13-/m0/s1. The van der Waals surface area contributed by atoms with Gasteiger partial charge in [-0.1, -0.05) is 0 Å². The molecular weight excluding hydrogens is 449 g/mol. The Morgan fingerprint density at radius 3 is 2.37 bits per heavy atom. The summed E-state index contributed by atoms with van der Waals surface area (Å²) >= 11 is 0. The third-order valence-corrected chi connectivity index (χ3v) is 8.58. The lowest BCUT2D eigenvalue weighted by Gasteiger charge is -2.21. The smallest absolute Gasteiger partial charge is 0.364 e. The molecular formula is C16H21F3N4O5S2. The van der Waals surface area contributed by atoms with Crippen molar-refractivity contribution in [2.45, 2.75) is 35.7 Å². The SMILES string of the molecule is Cc1ccc(S(=O)(=O)N2C[C@H](C(F)(F)F)[C@@H](S(C)(=O)=O)C2)c(NC2CNC(=O)C2)n1. The number of alkyl halides is 3. The molecule has 14 heteroatoms. The summed E-state index contributed by atoms with van der Waals surface area (Å²) in [5.41, 5.74) is 0.456. The highest BCUT2D eigenvalue weighted by atomic mass is 32.2. The van der Waals surface area contributed by atoms with E-state index in [2.05, 4.69) is 15.6 Å². The third-order valence-electron chi connectivity index (χ3n) is 5.14. The first kappa shape index (κ1) is 22.7. The summed E-state index contributed by atoms with van der Waals surface area (Å²) in [4.78, 5) is 15.2. The number of carbonyl (C=O) groups excluding carboxylic acids is 1. The van der Waals surface area contributed by atoms with E-state index < -0.39 is 56.3 Å². The van der Waals surface area contributed by atoms with E-state index in [1.54, 1.807) is 6.92 Å². The van der Waals surface area contributed by atoms with Crippen molar-refractivity contribution in [1.82, 2.24) is 14.6 Å². The molecule has 1 aromatic rings. The number of amides is 1. The van der Waals surface area contributed by atoms with Crippen LogP contribution < -0.4 is 10.6 Å². The van der Waals surface area contributed by atoms with Crippen LogP contribution in [0.25, 0.3) is 0 Å². The molecule has 1 amide bonds. The van der Waals surface area contributed by atoms with Crippen molar-refractivity contribution in [1.29, 1.82) is 0 Å². The zero-order chi connectivity index (χ0) is 22.5. The van der Waals surface area contributed by atoms with Crippen molar-refractivity contribution in [2.75, 3.05) is 31.2 Å². The number of aromatic nitrogens is 1. The molecule has 2 aliphatic rings. The fourth-order valence-corrected chi connectivity index (χ4v) is 6.54. The van der Waals surface area contributed by atoms with Crippen molar-refractivity contribution < 1.29 is 34.8 Å². The van der Waals surface area contributed by atoms with Crippen molar-refractivity contribution in [3.63, 3.8) is 0 Å². The van der Waals surface area contributed by atoms with Crippen LogP contribution in [0.1, 0.15) is 12.1 Å². The van der Waals surface area contributed by atoms with Crippen LogP contribution in [0.15, 0.2) is 17.0 Å². The van der Waals surface area contributed by atoms with Gasteiger partial charge in [-0.2, -0.15) is 17.5 Å². The molecule has 0 radical (unpaired) electrons. The molecule has 0 aromatic carbocycles. The fraction of sp³-hybridized carbons (Fsp3) is 0.625. The number of carbonyl (C=O) groups is 1. The molecule has 168 valence electrons. The van der Waals surface area contributed by atoms with Gasteiger partial charge in [-0.25, -0.2) is 21.8 Å². The minimum Gasteiger partial charge on any atom is -0.364 e. The van der Waals surface area contributed by atoms with Gasteiger partial charge in [-0.15, -0.1) is 0 Å². The Kier molecular flexibility index (Phi) is 5.79. The average Bonchev–Trinajstić information content (AvgIpc) is 3.21. The van der Waals surface area contributed by atoms with Gasteiger partial charge in [-0.05, 0) is 19.1 Å². The third kappa shape index (κ3) is 4.54. The predicted molar refractivity (Wildman–Crippen MR) is 101 cm³/mol. The number of halogens is 3. The predicted octanol–water partition coefficient (Wildman–Crippen LogP) is 0.286. The molecule has 3 heterocycles. The highest BCUT2D eigenvalue weighted by molar-refractivity contribution is 7.91. The van der Waals surface area contributed by atoms with Gasteiger partial charge in [0.15, 0.2) is 9.84 Å². The molecule has 3 rings (SSSR count). The number of pyridine rings is 1. The summed E-state index contributed by atoms with van der Waals surface area (Å²) < 4.78 is 90.8. The maximum atomic E-state index is 13.4. The van der Waals surface area contributed by atoms with Crippen LogP contribution in [0.4, 0.5) is 19.0 Å². The van der Waals surface area contributed by atoms with E-state index in [0.717, 1.165) is 0 Å². The minimum absolute atomic E-state index is 0.0884. The van der Waals surface area contributed by atoms with Gasteiger partial charge in [0.05, 0.1) is 17.2 Å². The van der Waals surface area contributed by atoms with Gasteiger partial charge >= 0.3 is 6.18 Å². The van der Waals surface area contributed by atoms with Crippen LogP contribution in [0.5, 0.6) is 0 Å². The quantitative estimate of drug-likeness (QED) is 0.633. The number of sulfonamides is 1. The van der Waals surface area contributed by atoms with Crippen LogP contribution >= 0.6 is 0 Å². The van der Waals surface area contributed by atoms with E-state index in [4.69, 9.17) is 0 Å². The Labute approximate surface area is 172 Å². The highest BCUT2D eigenvalue weighted by Crippen LogP contribution is 2.39. The molecule has 2 fully saturated rings. The van der Waals surface area contributed by atoms with E-state index >= 15 is 0 Å². The zero-order valence-electron chi connectivity index (χ0n) is 16.1. The van der Waals surface area contributed by atoms with Crippen LogP contribution in [0.2, 0.25) is 0 Å². The van der Waals surface area contributed by atoms with Gasteiger partial charge in [0.1, 0.15) is 10.7 Å². The van der Waals surface area contributed by atoms with Gasteiger partial charge in [0.2, 0.25) is 15.9 Å². The maximum absolute atomic E-state index is 13.4. The van der Waals surface area contributed by atoms with Crippen LogP contribution in [0.3, 0.4) is 0 Å². The fourth-order valence-electron chi connectivity index (χ4n) is 3.58. The number of rotatable bonds is 5. The molecule has 3 atom stereocenters. The summed E-state index contributed by atoms with van der Waals surface area (Å²) in [7, 11) is -8.64. The first-order valence-electron chi connectivity index (χ1n) is 8.96. The summed E-state index contributed by atoms with van der Waals surface area (Å²) in [6.45, 7) is 0.0430. The zero-order valence-corrected chi connectivity index (χ0v) is 17.7. The average molecular weight is 470 g/mol. The van der Waals surface area contributed by atoms with Crippen molar-refractivity contribution in [3.05, 3.63) is 17.8 Å². The number of aryl methyl sites for hydroxylation is 1. The molecule has 2 aliphatic heterocycles. The second kappa shape index (κ2) is 7.64. The van der Waals surface area contributed by atoms with E-state index in [-0.39, 0.29) is 29.6 Å². The first-order chi connectivity index (χ1) is 13.7. The van der Waals surface area contributed by atoms with Crippen molar-refractivity contribution in [3.8, 4) is 0 Å². The lowest BCUT2D eigenvalue weighted by Crippen LogP contribution is -2.37.